The Bertz CT molecular complexity index is 775. The third-order valence-corrected chi connectivity index (χ3v) is 5.41. The van der Waals surface area contributed by atoms with Gasteiger partial charge in [-0.15, -0.1) is 0 Å². The molecule has 0 saturated carbocycles. The van der Waals surface area contributed by atoms with Crippen molar-refractivity contribution in [2.45, 2.75) is 26.3 Å². The van der Waals surface area contributed by atoms with Gasteiger partial charge in [-0.3, -0.25) is 5.32 Å². The zero-order chi connectivity index (χ0) is 18.2. The van der Waals surface area contributed by atoms with E-state index in [1.807, 2.05) is 6.92 Å². The molecule has 10 nitrogen and oxygen atoms in total. The van der Waals surface area contributed by atoms with Crippen molar-refractivity contribution >= 4 is 27.9 Å². The smallest absolute Gasteiger partial charge is 0.323 e. The molecule has 0 unspecified atom stereocenters. The number of carbonyl (C=O) groups excluding carboxylic acids is 1. The number of fused-ring (bicyclic) bond motifs is 1. The third-order valence-electron chi connectivity index (χ3n) is 4.86. The van der Waals surface area contributed by atoms with E-state index in [9.17, 15) is 13.2 Å². The normalized spacial score (nSPS) is 20.2. The van der Waals surface area contributed by atoms with Gasteiger partial charge in [0.15, 0.2) is 0 Å². The van der Waals surface area contributed by atoms with E-state index >= 15 is 0 Å². The van der Waals surface area contributed by atoms with Crippen molar-refractivity contribution in [2.75, 3.05) is 36.9 Å². The minimum Gasteiger partial charge on any atom is -0.356 e. The summed E-state index contributed by atoms with van der Waals surface area (Å²) in [7, 11) is -1.96. The van der Waals surface area contributed by atoms with Gasteiger partial charge >= 0.3 is 6.03 Å². The van der Waals surface area contributed by atoms with Gasteiger partial charge in [-0.05, 0) is 18.3 Å². The number of nitrogens with one attached hydrogen (secondary N) is 2. The Morgan fingerprint density at radius 1 is 1.36 bits per heavy atom. The summed E-state index contributed by atoms with van der Waals surface area (Å²) in [5.41, 5.74) is 0.747. The van der Waals surface area contributed by atoms with Crippen LogP contribution in [0.3, 0.4) is 0 Å². The second-order valence-corrected chi connectivity index (χ2v) is 8.35. The van der Waals surface area contributed by atoms with E-state index in [0.29, 0.717) is 18.9 Å². The maximum atomic E-state index is 11.8. The maximum Gasteiger partial charge on any atom is 0.323 e. The van der Waals surface area contributed by atoms with Crippen LogP contribution in [0.2, 0.25) is 0 Å². The van der Waals surface area contributed by atoms with Gasteiger partial charge in [-0.1, -0.05) is 6.92 Å². The van der Waals surface area contributed by atoms with E-state index in [4.69, 9.17) is 5.14 Å². The first-order chi connectivity index (χ1) is 11.7. The molecule has 3 heterocycles. The molecule has 25 heavy (non-hydrogen) atoms. The SMILES string of the molecule is CN1Cc2c(ncnc2N2CCC(C)(CNS(N)(=O)=O)CC2)NC1=O. The fourth-order valence-corrected chi connectivity index (χ4v) is 3.69. The minimum atomic E-state index is -3.68. The lowest BCUT2D eigenvalue weighted by Gasteiger charge is -2.41. The van der Waals surface area contributed by atoms with Crippen LogP contribution in [0.25, 0.3) is 0 Å². The molecule has 11 heteroatoms. The Hall–Kier alpha value is -1.98. The Morgan fingerprint density at radius 3 is 2.68 bits per heavy atom. The van der Waals surface area contributed by atoms with Gasteiger partial charge in [-0.2, -0.15) is 8.42 Å². The number of aromatic nitrogens is 2. The molecule has 3 rings (SSSR count). The molecule has 0 aliphatic carbocycles. The lowest BCUT2D eigenvalue weighted by molar-refractivity contribution is 0.218. The highest BCUT2D eigenvalue weighted by Gasteiger charge is 2.33. The first-order valence-electron chi connectivity index (χ1n) is 8.05. The molecule has 0 radical (unpaired) electrons. The number of amides is 2. The largest absolute Gasteiger partial charge is 0.356 e. The number of nitrogens with two attached hydrogens (primary N) is 1. The molecular formula is C14H23N7O3S. The molecule has 1 fully saturated rings. The van der Waals surface area contributed by atoms with Crippen molar-refractivity contribution in [3.05, 3.63) is 11.9 Å². The molecule has 1 aromatic rings. The molecule has 2 amide bonds. The average molecular weight is 369 g/mol. The molecule has 1 saturated heterocycles. The van der Waals surface area contributed by atoms with Crippen LogP contribution in [0.4, 0.5) is 16.4 Å². The summed E-state index contributed by atoms with van der Waals surface area (Å²) in [6, 6.07) is -0.183. The van der Waals surface area contributed by atoms with E-state index in [1.54, 1.807) is 11.9 Å². The van der Waals surface area contributed by atoms with E-state index in [1.165, 1.54) is 6.33 Å². The van der Waals surface area contributed by atoms with Gasteiger partial charge in [0.25, 0.3) is 10.2 Å². The van der Waals surface area contributed by atoms with Crippen molar-refractivity contribution in [2.24, 2.45) is 10.6 Å². The van der Waals surface area contributed by atoms with Crippen LogP contribution in [0, 0.1) is 5.41 Å². The molecular weight excluding hydrogens is 346 g/mol. The standard InChI is InChI=1S/C14H23N7O3S/c1-14(8-18-25(15,23)24)3-5-21(6-4-14)12-10-7-20(2)13(22)19-11(10)16-9-17-12/h9,18H,3-8H2,1-2H3,(H2,15,23,24)(H,16,17,19,22). The quantitative estimate of drug-likeness (QED) is 0.676. The van der Waals surface area contributed by atoms with Gasteiger partial charge in [-0.25, -0.2) is 24.6 Å². The number of urea groups is 1. The lowest BCUT2D eigenvalue weighted by atomic mass is 9.80. The summed E-state index contributed by atoms with van der Waals surface area (Å²) in [5.74, 6) is 1.37. The summed E-state index contributed by atoms with van der Waals surface area (Å²) >= 11 is 0. The second kappa shape index (κ2) is 6.39. The highest BCUT2D eigenvalue weighted by molar-refractivity contribution is 7.87. The lowest BCUT2D eigenvalue weighted by Crippen LogP contribution is -2.47. The molecule has 0 atom stereocenters. The molecule has 4 N–H and O–H groups in total. The van der Waals surface area contributed by atoms with Crippen LogP contribution >= 0.6 is 0 Å². The summed E-state index contributed by atoms with van der Waals surface area (Å²) in [6.07, 6.45) is 3.06. The molecule has 0 aromatic carbocycles. The number of hydrogen-bond donors (Lipinski definition) is 3. The second-order valence-electron chi connectivity index (χ2n) is 6.97. The third kappa shape index (κ3) is 3.99. The van der Waals surface area contributed by atoms with Crippen LogP contribution in [-0.4, -0.2) is 56.0 Å². The summed E-state index contributed by atoms with van der Waals surface area (Å²) < 4.78 is 24.6. The predicted molar refractivity (Wildman–Crippen MR) is 93.2 cm³/mol. The maximum absolute atomic E-state index is 11.8. The first-order valence-corrected chi connectivity index (χ1v) is 9.60. The fraction of sp³-hybridized carbons (Fsp3) is 0.643. The Labute approximate surface area is 147 Å². The van der Waals surface area contributed by atoms with Crippen molar-refractivity contribution in [3.63, 3.8) is 0 Å². The van der Waals surface area contributed by atoms with Crippen molar-refractivity contribution in [1.29, 1.82) is 0 Å². The van der Waals surface area contributed by atoms with Gasteiger partial charge in [0, 0.05) is 26.7 Å². The molecule has 138 valence electrons. The fourth-order valence-electron chi connectivity index (χ4n) is 3.14. The summed E-state index contributed by atoms with van der Waals surface area (Å²) in [5, 5.41) is 7.79. The topological polar surface area (TPSA) is 134 Å². The Morgan fingerprint density at radius 2 is 2.04 bits per heavy atom. The Balaban J connectivity index is 1.72. The predicted octanol–water partition coefficient (Wildman–Crippen LogP) is -0.146. The number of carbonyl (C=O) groups is 1. The van der Waals surface area contributed by atoms with E-state index < -0.39 is 10.2 Å². The first kappa shape index (κ1) is 17.8. The van der Waals surface area contributed by atoms with Crippen LogP contribution < -0.4 is 20.1 Å². The number of anilines is 2. The minimum absolute atomic E-state index is 0.152. The van der Waals surface area contributed by atoms with Crippen LogP contribution in [0.15, 0.2) is 6.33 Å². The molecule has 2 aliphatic heterocycles. The summed E-state index contributed by atoms with van der Waals surface area (Å²) in [6.45, 7) is 4.30. The zero-order valence-electron chi connectivity index (χ0n) is 14.3. The van der Waals surface area contributed by atoms with Crippen molar-refractivity contribution < 1.29 is 13.2 Å². The Kier molecular flexibility index (Phi) is 4.56. The van der Waals surface area contributed by atoms with Crippen LogP contribution in [0.1, 0.15) is 25.3 Å². The molecule has 0 spiro atoms. The van der Waals surface area contributed by atoms with Crippen molar-refractivity contribution in [1.82, 2.24) is 19.6 Å². The van der Waals surface area contributed by atoms with E-state index in [0.717, 1.165) is 37.3 Å². The highest BCUT2D eigenvalue weighted by atomic mass is 32.2. The van der Waals surface area contributed by atoms with Gasteiger partial charge in [0.1, 0.15) is 18.0 Å². The molecule has 0 bridgehead atoms. The highest BCUT2D eigenvalue weighted by Crippen LogP contribution is 2.35. The molecule has 2 aliphatic rings. The van der Waals surface area contributed by atoms with Gasteiger partial charge in [0.05, 0.1) is 12.1 Å². The number of piperidine rings is 1. The summed E-state index contributed by atoms with van der Waals surface area (Å²) in [4.78, 5) is 24.1. The average Bonchev–Trinajstić information content (AvgIpc) is 2.54. The van der Waals surface area contributed by atoms with Crippen molar-refractivity contribution in [3.8, 4) is 0 Å². The van der Waals surface area contributed by atoms with Crippen LogP contribution in [0.5, 0.6) is 0 Å². The monoisotopic (exact) mass is 369 g/mol. The number of hydrogen-bond acceptors (Lipinski definition) is 6. The zero-order valence-corrected chi connectivity index (χ0v) is 15.1. The van der Waals surface area contributed by atoms with E-state index in [2.05, 4.69) is 24.9 Å². The van der Waals surface area contributed by atoms with Gasteiger partial charge < -0.3 is 9.80 Å². The number of nitrogens with zero attached hydrogens (tertiary/aromatic N) is 4. The van der Waals surface area contributed by atoms with E-state index in [-0.39, 0.29) is 11.4 Å². The van der Waals surface area contributed by atoms with Crippen LogP contribution in [-0.2, 0) is 16.8 Å². The van der Waals surface area contributed by atoms with Gasteiger partial charge in [0.2, 0.25) is 0 Å². The molecule has 1 aromatic heterocycles. The number of rotatable bonds is 4.